The summed E-state index contributed by atoms with van der Waals surface area (Å²) in [5.74, 6) is 0. The second-order valence-electron chi connectivity index (χ2n) is 4.69. The Kier molecular flexibility index (Phi) is 2.23. The molecule has 3 heteroatoms. The molecule has 92 valence electrons. The van der Waals surface area contributed by atoms with Crippen LogP contribution in [0.3, 0.4) is 0 Å². The van der Waals surface area contributed by atoms with Gasteiger partial charge in [-0.15, -0.1) is 11.3 Å². The van der Waals surface area contributed by atoms with Gasteiger partial charge in [0.25, 0.3) is 0 Å². The van der Waals surface area contributed by atoms with Crippen molar-refractivity contribution in [3.05, 3.63) is 54.2 Å². The Hall–Kier alpha value is -2.13. The average molecular weight is 264 g/mol. The number of rotatable bonds is 1. The Balaban J connectivity index is 2.01. The molecule has 0 saturated carbocycles. The largest absolute Gasteiger partial charge is 0.360 e. The van der Waals surface area contributed by atoms with E-state index in [1.54, 1.807) is 11.3 Å². The summed E-state index contributed by atoms with van der Waals surface area (Å²) in [6, 6.07) is 14.7. The molecular weight excluding hydrogens is 252 g/mol. The van der Waals surface area contributed by atoms with E-state index < -0.39 is 0 Å². The highest BCUT2D eigenvalue weighted by molar-refractivity contribution is 7.21. The molecule has 2 aromatic heterocycles. The minimum Gasteiger partial charge on any atom is -0.360 e. The number of aromatic nitrogens is 2. The van der Waals surface area contributed by atoms with Crippen LogP contribution in [-0.4, -0.2) is 9.97 Å². The molecule has 0 radical (unpaired) electrons. The number of para-hydroxylation sites is 2. The van der Waals surface area contributed by atoms with Crippen LogP contribution in [0.25, 0.3) is 31.7 Å². The zero-order valence-corrected chi connectivity index (χ0v) is 11.3. The van der Waals surface area contributed by atoms with Crippen molar-refractivity contribution < 1.29 is 0 Å². The molecule has 0 unspecified atom stereocenters. The molecule has 0 atom stereocenters. The van der Waals surface area contributed by atoms with E-state index in [-0.39, 0.29) is 0 Å². The first kappa shape index (κ1) is 10.8. The highest BCUT2D eigenvalue weighted by atomic mass is 32.1. The van der Waals surface area contributed by atoms with Gasteiger partial charge in [-0.1, -0.05) is 30.3 Å². The molecule has 4 aromatic rings. The smallest absolute Gasteiger partial charge is 0.126 e. The first-order valence-corrected chi connectivity index (χ1v) is 7.07. The zero-order chi connectivity index (χ0) is 12.8. The molecular formula is C16H12N2S. The first-order valence-electron chi connectivity index (χ1n) is 6.25. The molecule has 2 nitrogen and oxygen atoms in total. The predicted octanol–water partition coefficient (Wildman–Crippen LogP) is 4.75. The molecule has 0 bridgehead atoms. The summed E-state index contributed by atoms with van der Waals surface area (Å²) in [7, 11) is 0. The molecule has 0 aliphatic carbocycles. The lowest BCUT2D eigenvalue weighted by Gasteiger charge is -1.96. The van der Waals surface area contributed by atoms with Gasteiger partial charge in [0, 0.05) is 22.7 Å². The van der Waals surface area contributed by atoms with Crippen LogP contribution in [0, 0.1) is 6.92 Å². The number of benzene rings is 2. The molecule has 0 aliphatic rings. The van der Waals surface area contributed by atoms with Crippen molar-refractivity contribution in [2.75, 3.05) is 0 Å². The molecule has 19 heavy (non-hydrogen) atoms. The molecule has 2 heterocycles. The Morgan fingerprint density at radius 1 is 1.05 bits per heavy atom. The van der Waals surface area contributed by atoms with Crippen molar-refractivity contribution in [3.8, 4) is 10.6 Å². The van der Waals surface area contributed by atoms with Crippen LogP contribution < -0.4 is 0 Å². The highest BCUT2D eigenvalue weighted by Gasteiger charge is 2.11. The normalized spacial score (nSPS) is 11.4. The topological polar surface area (TPSA) is 28.7 Å². The lowest BCUT2D eigenvalue weighted by molar-refractivity contribution is 1.41. The van der Waals surface area contributed by atoms with E-state index in [0.717, 1.165) is 10.5 Å². The van der Waals surface area contributed by atoms with Crippen molar-refractivity contribution in [2.24, 2.45) is 0 Å². The number of aromatic amines is 1. The van der Waals surface area contributed by atoms with Crippen LogP contribution in [0.4, 0.5) is 0 Å². The fourth-order valence-corrected chi connectivity index (χ4v) is 3.47. The molecule has 0 spiro atoms. The van der Waals surface area contributed by atoms with Crippen molar-refractivity contribution in [1.29, 1.82) is 0 Å². The number of nitrogens with one attached hydrogen (secondary N) is 1. The van der Waals surface area contributed by atoms with Crippen LogP contribution in [0.5, 0.6) is 0 Å². The summed E-state index contributed by atoms with van der Waals surface area (Å²) >= 11 is 1.74. The van der Waals surface area contributed by atoms with Crippen molar-refractivity contribution in [2.45, 2.75) is 6.92 Å². The van der Waals surface area contributed by atoms with Crippen LogP contribution in [0.2, 0.25) is 0 Å². The second-order valence-corrected chi connectivity index (χ2v) is 5.72. The van der Waals surface area contributed by atoms with E-state index in [2.05, 4.69) is 54.5 Å². The molecule has 4 rings (SSSR count). The summed E-state index contributed by atoms with van der Waals surface area (Å²) in [6.45, 7) is 2.13. The Bertz CT molecular complexity index is 853. The van der Waals surface area contributed by atoms with Gasteiger partial charge in [0.05, 0.1) is 10.2 Å². The number of hydrogen-bond donors (Lipinski definition) is 1. The first-order chi connectivity index (χ1) is 9.33. The van der Waals surface area contributed by atoms with Crippen LogP contribution >= 0.6 is 11.3 Å². The van der Waals surface area contributed by atoms with Crippen molar-refractivity contribution in [1.82, 2.24) is 9.97 Å². The molecule has 2 aromatic carbocycles. The van der Waals surface area contributed by atoms with Crippen LogP contribution in [0.15, 0.2) is 48.7 Å². The maximum absolute atomic E-state index is 4.73. The molecule has 0 fully saturated rings. The zero-order valence-electron chi connectivity index (χ0n) is 10.5. The van der Waals surface area contributed by atoms with Gasteiger partial charge in [-0.2, -0.15) is 0 Å². The molecule has 0 aliphatic heterocycles. The Morgan fingerprint density at radius 3 is 2.84 bits per heavy atom. The van der Waals surface area contributed by atoms with Gasteiger partial charge in [0.1, 0.15) is 5.01 Å². The SMILES string of the molecule is Cc1cccc2c(-c3nc4ccccc4s3)c[nH]c12. The minimum absolute atomic E-state index is 1.07. The van der Waals surface area contributed by atoms with Gasteiger partial charge in [-0.25, -0.2) is 4.98 Å². The molecule has 0 saturated heterocycles. The number of thiazole rings is 1. The van der Waals surface area contributed by atoms with Crippen molar-refractivity contribution in [3.63, 3.8) is 0 Å². The molecule has 0 amide bonds. The lowest BCUT2D eigenvalue weighted by atomic mass is 10.1. The number of aryl methyl sites for hydroxylation is 1. The van der Waals surface area contributed by atoms with E-state index in [0.29, 0.717) is 0 Å². The third kappa shape index (κ3) is 1.59. The van der Waals surface area contributed by atoms with Gasteiger partial charge < -0.3 is 4.98 Å². The summed E-state index contributed by atoms with van der Waals surface area (Å²) in [4.78, 5) is 8.10. The second kappa shape index (κ2) is 3.93. The third-order valence-electron chi connectivity index (χ3n) is 3.45. The summed E-state index contributed by atoms with van der Waals surface area (Å²) in [5.41, 5.74) is 4.74. The van der Waals surface area contributed by atoms with Crippen LogP contribution in [0.1, 0.15) is 5.56 Å². The van der Waals surface area contributed by atoms with Crippen LogP contribution in [-0.2, 0) is 0 Å². The van der Waals surface area contributed by atoms with Crippen molar-refractivity contribution >= 4 is 32.5 Å². The maximum atomic E-state index is 4.73. The van der Waals surface area contributed by atoms with E-state index in [1.165, 1.54) is 26.7 Å². The van der Waals surface area contributed by atoms with Gasteiger partial charge in [-0.05, 0) is 24.6 Å². The number of fused-ring (bicyclic) bond motifs is 2. The lowest BCUT2D eigenvalue weighted by Crippen LogP contribution is -1.76. The fourth-order valence-electron chi connectivity index (χ4n) is 2.47. The number of hydrogen-bond acceptors (Lipinski definition) is 2. The standard InChI is InChI=1S/C16H12N2S/c1-10-5-4-6-11-12(9-17-15(10)11)16-18-13-7-2-3-8-14(13)19-16/h2-9,17H,1H3. The van der Waals surface area contributed by atoms with E-state index in [4.69, 9.17) is 4.98 Å². The van der Waals surface area contributed by atoms with E-state index in [1.807, 2.05) is 6.07 Å². The highest BCUT2D eigenvalue weighted by Crippen LogP contribution is 2.35. The summed E-state index contributed by atoms with van der Waals surface area (Å²) in [5, 5.41) is 2.33. The summed E-state index contributed by atoms with van der Waals surface area (Å²) in [6.07, 6.45) is 2.06. The van der Waals surface area contributed by atoms with E-state index >= 15 is 0 Å². The third-order valence-corrected chi connectivity index (χ3v) is 4.52. The maximum Gasteiger partial charge on any atom is 0.126 e. The minimum atomic E-state index is 1.07. The monoisotopic (exact) mass is 264 g/mol. The Labute approximate surface area is 114 Å². The van der Waals surface area contributed by atoms with Gasteiger partial charge in [-0.3, -0.25) is 0 Å². The fraction of sp³-hybridized carbons (Fsp3) is 0.0625. The van der Waals surface area contributed by atoms with Gasteiger partial charge in [0.15, 0.2) is 0 Å². The number of nitrogens with zero attached hydrogens (tertiary/aromatic N) is 1. The van der Waals surface area contributed by atoms with Gasteiger partial charge in [0.2, 0.25) is 0 Å². The summed E-state index contributed by atoms with van der Waals surface area (Å²) < 4.78 is 1.24. The quantitative estimate of drug-likeness (QED) is 0.528. The average Bonchev–Trinajstić information content (AvgIpc) is 3.02. The predicted molar refractivity (Wildman–Crippen MR) is 81.6 cm³/mol. The van der Waals surface area contributed by atoms with E-state index in [9.17, 15) is 0 Å². The molecule has 1 N–H and O–H groups in total. The Morgan fingerprint density at radius 2 is 1.95 bits per heavy atom. The van der Waals surface area contributed by atoms with Gasteiger partial charge >= 0.3 is 0 Å². The number of H-pyrrole nitrogens is 1.